The quantitative estimate of drug-likeness (QED) is 0.620. The Morgan fingerprint density at radius 3 is 2.63 bits per heavy atom. The van der Waals surface area contributed by atoms with Crippen molar-refractivity contribution < 1.29 is 22.7 Å². The summed E-state index contributed by atoms with van der Waals surface area (Å²) in [4.78, 5) is 18.9. The fourth-order valence-electron chi connectivity index (χ4n) is 1.30. The number of nitrogens with zero attached hydrogens (tertiary/aromatic N) is 2. The van der Waals surface area contributed by atoms with Crippen LogP contribution in [0.3, 0.4) is 0 Å². The Morgan fingerprint density at radius 1 is 1.21 bits per heavy atom. The molecule has 7 heteroatoms. The molecule has 2 rings (SSSR count). The predicted octanol–water partition coefficient (Wildman–Crippen LogP) is 2.71. The van der Waals surface area contributed by atoms with E-state index in [0.29, 0.717) is 0 Å². The molecule has 1 aromatic carbocycles. The zero-order valence-electron chi connectivity index (χ0n) is 9.39. The van der Waals surface area contributed by atoms with Gasteiger partial charge < -0.3 is 4.74 Å². The van der Waals surface area contributed by atoms with Crippen LogP contribution in [-0.2, 0) is 6.18 Å². The standard InChI is InChI=1S/C12H7F3N2O2/c13-12(14,15)8-2-1-3-9(6-8)19-11(18)10-7-16-4-5-17-10/h1-7H. The van der Waals surface area contributed by atoms with E-state index < -0.39 is 17.7 Å². The highest BCUT2D eigenvalue weighted by Crippen LogP contribution is 2.31. The Hall–Kier alpha value is -2.44. The number of benzene rings is 1. The van der Waals surface area contributed by atoms with Gasteiger partial charge in [0.1, 0.15) is 5.75 Å². The number of alkyl halides is 3. The van der Waals surface area contributed by atoms with Crippen LogP contribution in [0.15, 0.2) is 42.9 Å². The van der Waals surface area contributed by atoms with Crippen molar-refractivity contribution in [2.24, 2.45) is 0 Å². The lowest BCUT2D eigenvalue weighted by molar-refractivity contribution is -0.137. The molecule has 0 saturated heterocycles. The summed E-state index contributed by atoms with van der Waals surface area (Å²) in [7, 11) is 0. The van der Waals surface area contributed by atoms with E-state index in [-0.39, 0.29) is 11.4 Å². The minimum Gasteiger partial charge on any atom is -0.422 e. The summed E-state index contributed by atoms with van der Waals surface area (Å²) >= 11 is 0. The van der Waals surface area contributed by atoms with Gasteiger partial charge in [0.05, 0.1) is 11.8 Å². The monoisotopic (exact) mass is 268 g/mol. The van der Waals surface area contributed by atoms with Crippen molar-refractivity contribution in [1.29, 1.82) is 0 Å². The van der Waals surface area contributed by atoms with Crippen molar-refractivity contribution in [3.8, 4) is 5.75 Å². The third kappa shape index (κ3) is 3.27. The molecule has 1 heterocycles. The number of aromatic nitrogens is 2. The summed E-state index contributed by atoms with van der Waals surface area (Å²) < 4.78 is 42.2. The summed E-state index contributed by atoms with van der Waals surface area (Å²) in [6.07, 6.45) is -0.686. The molecule has 1 aromatic heterocycles. The zero-order chi connectivity index (χ0) is 13.9. The second-order valence-electron chi connectivity index (χ2n) is 3.51. The number of hydrogen-bond donors (Lipinski definition) is 0. The lowest BCUT2D eigenvalue weighted by atomic mass is 10.2. The summed E-state index contributed by atoms with van der Waals surface area (Å²) in [5, 5.41) is 0. The molecule has 0 spiro atoms. The Labute approximate surface area is 105 Å². The molecule has 0 atom stereocenters. The van der Waals surface area contributed by atoms with Crippen LogP contribution in [0.5, 0.6) is 5.75 Å². The van der Waals surface area contributed by atoms with Crippen molar-refractivity contribution in [1.82, 2.24) is 9.97 Å². The molecule has 4 nitrogen and oxygen atoms in total. The number of rotatable bonds is 2. The van der Waals surface area contributed by atoms with Gasteiger partial charge in [-0.25, -0.2) is 9.78 Å². The van der Waals surface area contributed by atoms with Crippen molar-refractivity contribution in [3.05, 3.63) is 54.1 Å². The number of carbonyl (C=O) groups excluding carboxylic acids is 1. The molecule has 0 aliphatic heterocycles. The molecule has 98 valence electrons. The smallest absolute Gasteiger partial charge is 0.416 e. The summed E-state index contributed by atoms with van der Waals surface area (Å²) in [6.45, 7) is 0. The second kappa shape index (κ2) is 5.05. The Morgan fingerprint density at radius 2 is 2.00 bits per heavy atom. The van der Waals surface area contributed by atoms with E-state index in [1.165, 1.54) is 18.5 Å². The highest BCUT2D eigenvalue weighted by molar-refractivity contribution is 5.88. The Bertz CT molecular complexity index is 585. The zero-order valence-corrected chi connectivity index (χ0v) is 9.39. The van der Waals surface area contributed by atoms with Gasteiger partial charge in [0.15, 0.2) is 5.69 Å². The maximum atomic E-state index is 12.5. The SMILES string of the molecule is O=C(Oc1cccc(C(F)(F)F)c1)c1cnccn1. The second-order valence-corrected chi connectivity index (χ2v) is 3.51. The molecule has 0 radical (unpaired) electrons. The van der Waals surface area contributed by atoms with Crippen LogP contribution >= 0.6 is 0 Å². The molecule has 0 unspecified atom stereocenters. The van der Waals surface area contributed by atoms with Crippen LogP contribution in [-0.4, -0.2) is 15.9 Å². The van der Waals surface area contributed by atoms with E-state index >= 15 is 0 Å². The van der Waals surface area contributed by atoms with Crippen LogP contribution in [0, 0.1) is 0 Å². The lowest BCUT2D eigenvalue weighted by Crippen LogP contribution is -2.11. The Kier molecular flexibility index (Phi) is 3.46. The van der Waals surface area contributed by atoms with E-state index in [9.17, 15) is 18.0 Å². The third-order valence-corrected chi connectivity index (χ3v) is 2.14. The van der Waals surface area contributed by atoms with Gasteiger partial charge in [0.2, 0.25) is 0 Å². The number of carbonyl (C=O) groups is 1. The van der Waals surface area contributed by atoms with Gasteiger partial charge in [0, 0.05) is 12.4 Å². The maximum Gasteiger partial charge on any atom is 0.416 e. The van der Waals surface area contributed by atoms with Crippen LogP contribution < -0.4 is 4.74 Å². The average molecular weight is 268 g/mol. The number of halogens is 3. The van der Waals surface area contributed by atoms with E-state index in [1.807, 2.05) is 0 Å². The first kappa shape index (κ1) is 13.0. The molecule has 0 saturated carbocycles. The van der Waals surface area contributed by atoms with Crippen molar-refractivity contribution in [3.63, 3.8) is 0 Å². The molecular formula is C12H7F3N2O2. The number of ether oxygens (including phenoxy) is 1. The minimum atomic E-state index is -4.49. The van der Waals surface area contributed by atoms with Gasteiger partial charge in [-0.3, -0.25) is 4.98 Å². The van der Waals surface area contributed by atoms with E-state index in [2.05, 4.69) is 9.97 Å². The molecule has 0 amide bonds. The predicted molar refractivity (Wildman–Crippen MR) is 58.4 cm³/mol. The first-order chi connectivity index (χ1) is 8.97. The molecule has 19 heavy (non-hydrogen) atoms. The fraction of sp³-hybridized carbons (Fsp3) is 0.0833. The normalized spacial score (nSPS) is 11.1. The summed E-state index contributed by atoms with van der Waals surface area (Å²) in [5.41, 5.74) is -0.975. The molecular weight excluding hydrogens is 261 g/mol. The number of esters is 1. The van der Waals surface area contributed by atoms with Crippen LogP contribution in [0.25, 0.3) is 0 Å². The average Bonchev–Trinajstić information content (AvgIpc) is 2.39. The molecule has 0 N–H and O–H groups in total. The van der Waals surface area contributed by atoms with Crippen molar-refractivity contribution >= 4 is 5.97 Å². The van der Waals surface area contributed by atoms with Gasteiger partial charge in [-0.15, -0.1) is 0 Å². The van der Waals surface area contributed by atoms with Gasteiger partial charge in [0.25, 0.3) is 0 Å². The summed E-state index contributed by atoms with van der Waals surface area (Å²) in [6, 6.07) is 4.04. The van der Waals surface area contributed by atoms with E-state index in [1.54, 1.807) is 0 Å². The largest absolute Gasteiger partial charge is 0.422 e. The van der Waals surface area contributed by atoms with Crippen LogP contribution in [0.4, 0.5) is 13.2 Å². The summed E-state index contributed by atoms with van der Waals surface area (Å²) in [5.74, 6) is -1.07. The van der Waals surface area contributed by atoms with Crippen molar-refractivity contribution in [2.75, 3.05) is 0 Å². The molecule has 0 aliphatic rings. The number of hydrogen-bond acceptors (Lipinski definition) is 4. The van der Waals surface area contributed by atoms with Crippen LogP contribution in [0.2, 0.25) is 0 Å². The van der Waals surface area contributed by atoms with Gasteiger partial charge in [-0.1, -0.05) is 6.07 Å². The highest BCUT2D eigenvalue weighted by atomic mass is 19.4. The molecule has 0 aliphatic carbocycles. The Balaban J connectivity index is 2.18. The fourth-order valence-corrected chi connectivity index (χ4v) is 1.30. The molecule has 0 bridgehead atoms. The van der Waals surface area contributed by atoms with Gasteiger partial charge in [-0.2, -0.15) is 13.2 Å². The lowest BCUT2D eigenvalue weighted by Gasteiger charge is -2.08. The van der Waals surface area contributed by atoms with E-state index in [0.717, 1.165) is 24.4 Å². The van der Waals surface area contributed by atoms with Gasteiger partial charge >= 0.3 is 12.1 Å². The van der Waals surface area contributed by atoms with E-state index in [4.69, 9.17) is 4.74 Å². The topological polar surface area (TPSA) is 52.1 Å². The van der Waals surface area contributed by atoms with Crippen LogP contribution in [0.1, 0.15) is 16.1 Å². The molecule has 0 fully saturated rings. The maximum absolute atomic E-state index is 12.5. The van der Waals surface area contributed by atoms with Crippen molar-refractivity contribution in [2.45, 2.75) is 6.18 Å². The third-order valence-electron chi connectivity index (χ3n) is 2.14. The van der Waals surface area contributed by atoms with Gasteiger partial charge in [-0.05, 0) is 18.2 Å². The first-order valence-electron chi connectivity index (χ1n) is 5.12. The molecule has 2 aromatic rings. The highest BCUT2D eigenvalue weighted by Gasteiger charge is 2.30. The minimum absolute atomic E-state index is 0.0834. The first-order valence-corrected chi connectivity index (χ1v) is 5.12.